The summed E-state index contributed by atoms with van der Waals surface area (Å²) >= 11 is 6.03. The van der Waals surface area contributed by atoms with Crippen LogP contribution < -0.4 is 10.6 Å². The van der Waals surface area contributed by atoms with Crippen molar-refractivity contribution in [2.24, 2.45) is 0 Å². The van der Waals surface area contributed by atoms with Gasteiger partial charge in [0.25, 0.3) is 0 Å². The van der Waals surface area contributed by atoms with Crippen LogP contribution in [0.3, 0.4) is 0 Å². The Morgan fingerprint density at radius 2 is 1.63 bits per heavy atom. The number of halogens is 1. The smallest absolute Gasteiger partial charge is 0.244 e. The highest BCUT2D eigenvalue weighted by Gasteiger charge is 2.23. The Kier molecular flexibility index (Phi) is 7.96. The fourth-order valence-electron chi connectivity index (χ4n) is 2.51. The first-order valence-electron chi connectivity index (χ1n) is 9.10. The molecule has 8 nitrogen and oxygen atoms in total. The van der Waals surface area contributed by atoms with Crippen LogP contribution in [0.4, 0.5) is 11.4 Å². The second-order valence-corrected chi connectivity index (χ2v) is 9.45. The lowest BCUT2D eigenvalue weighted by atomic mass is 10.2. The molecular formula is C20H25ClN4O4S. The predicted octanol–water partition coefficient (Wildman–Crippen LogP) is 2.49. The first kappa shape index (κ1) is 23.8. The van der Waals surface area contributed by atoms with Crippen LogP contribution in [0.2, 0.25) is 5.02 Å². The number of hydrogen-bond donors (Lipinski definition) is 2. The Morgan fingerprint density at radius 3 is 2.23 bits per heavy atom. The fraction of sp³-hybridized carbons (Fsp3) is 0.300. The Hall–Kier alpha value is -2.46. The average molecular weight is 453 g/mol. The monoisotopic (exact) mass is 452 g/mol. The van der Waals surface area contributed by atoms with Crippen LogP contribution in [0.1, 0.15) is 6.92 Å². The minimum Gasteiger partial charge on any atom is -0.325 e. The van der Waals surface area contributed by atoms with Gasteiger partial charge >= 0.3 is 0 Å². The molecule has 0 saturated carbocycles. The average Bonchev–Trinajstić information content (AvgIpc) is 2.69. The maximum absolute atomic E-state index is 12.6. The number of hydrogen-bond acceptors (Lipinski definition) is 5. The number of nitrogens with one attached hydrogen (secondary N) is 2. The molecule has 0 bridgehead atoms. The van der Waals surface area contributed by atoms with Gasteiger partial charge in [-0.1, -0.05) is 29.8 Å². The first-order valence-corrected chi connectivity index (χ1v) is 10.9. The van der Waals surface area contributed by atoms with Crippen molar-refractivity contribution in [3.8, 4) is 0 Å². The maximum atomic E-state index is 12.6. The summed E-state index contributed by atoms with van der Waals surface area (Å²) in [4.78, 5) is 26.3. The molecule has 1 unspecified atom stereocenters. The van der Waals surface area contributed by atoms with Crippen LogP contribution in [0.5, 0.6) is 0 Å². The quantitative estimate of drug-likeness (QED) is 0.641. The summed E-state index contributed by atoms with van der Waals surface area (Å²) in [5.41, 5.74) is 0.961. The van der Waals surface area contributed by atoms with Gasteiger partial charge in [0, 0.05) is 25.5 Å². The Labute approximate surface area is 181 Å². The highest BCUT2D eigenvalue weighted by Crippen LogP contribution is 2.27. The molecule has 2 aromatic rings. The van der Waals surface area contributed by atoms with Crippen LogP contribution in [0.25, 0.3) is 0 Å². The van der Waals surface area contributed by atoms with Crippen molar-refractivity contribution in [1.82, 2.24) is 9.21 Å². The molecule has 0 aliphatic heterocycles. The number of sulfonamides is 1. The van der Waals surface area contributed by atoms with E-state index in [1.165, 1.54) is 32.3 Å². The minimum atomic E-state index is -3.76. The molecule has 0 aliphatic rings. The van der Waals surface area contributed by atoms with Gasteiger partial charge in [0.15, 0.2) is 0 Å². The third kappa shape index (κ3) is 6.02. The number of likely N-dealkylation sites (N-methyl/N-ethyl adjacent to an activating group) is 1. The topological polar surface area (TPSA) is 98.8 Å². The van der Waals surface area contributed by atoms with E-state index < -0.39 is 16.1 Å². The van der Waals surface area contributed by atoms with Gasteiger partial charge in [-0.2, -0.15) is 0 Å². The molecule has 0 spiro atoms. The number of carbonyl (C=O) groups is 2. The van der Waals surface area contributed by atoms with E-state index in [0.29, 0.717) is 11.4 Å². The number of amides is 2. The summed E-state index contributed by atoms with van der Waals surface area (Å²) in [6.45, 7) is 1.66. The molecule has 0 aliphatic carbocycles. The zero-order chi connectivity index (χ0) is 22.5. The minimum absolute atomic E-state index is 0.00432. The molecule has 0 aromatic heterocycles. The largest absolute Gasteiger partial charge is 0.325 e. The van der Waals surface area contributed by atoms with Crippen LogP contribution in [0.15, 0.2) is 53.4 Å². The van der Waals surface area contributed by atoms with E-state index in [9.17, 15) is 18.0 Å². The Bertz CT molecular complexity index is 1010. The molecule has 1 atom stereocenters. The summed E-state index contributed by atoms with van der Waals surface area (Å²) in [7, 11) is 0.685. The van der Waals surface area contributed by atoms with Crippen LogP contribution in [0, 0.1) is 0 Å². The number of rotatable bonds is 8. The van der Waals surface area contributed by atoms with E-state index >= 15 is 0 Å². The third-order valence-corrected chi connectivity index (χ3v) is 6.75. The Balaban J connectivity index is 2.04. The van der Waals surface area contributed by atoms with Crippen molar-refractivity contribution >= 4 is 44.8 Å². The van der Waals surface area contributed by atoms with Crippen LogP contribution in [-0.2, 0) is 19.6 Å². The van der Waals surface area contributed by atoms with Crippen molar-refractivity contribution in [3.63, 3.8) is 0 Å². The second-order valence-electron chi connectivity index (χ2n) is 6.93. The highest BCUT2D eigenvalue weighted by molar-refractivity contribution is 7.89. The lowest BCUT2D eigenvalue weighted by Gasteiger charge is -2.23. The van der Waals surface area contributed by atoms with Crippen molar-refractivity contribution in [3.05, 3.63) is 53.6 Å². The van der Waals surface area contributed by atoms with Gasteiger partial charge in [-0.15, -0.1) is 0 Å². The first-order chi connectivity index (χ1) is 14.0. The molecule has 10 heteroatoms. The lowest BCUT2D eigenvalue weighted by molar-refractivity contribution is -0.122. The summed E-state index contributed by atoms with van der Waals surface area (Å²) in [6.07, 6.45) is 0. The van der Waals surface area contributed by atoms with Crippen molar-refractivity contribution in [2.45, 2.75) is 17.9 Å². The van der Waals surface area contributed by atoms with E-state index in [0.717, 1.165) is 4.31 Å². The van der Waals surface area contributed by atoms with E-state index in [4.69, 9.17) is 11.6 Å². The van der Waals surface area contributed by atoms with Crippen LogP contribution in [-0.4, -0.2) is 63.2 Å². The zero-order valence-corrected chi connectivity index (χ0v) is 18.8. The standard InChI is InChI=1S/C20H25ClN4O4S/c1-14(25(4)13-19(26)22-15-8-6-5-7-9-15)20(27)23-16-10-11-17(21)18(12-16)30(28,29)24(2)3/h5-12,14H,13H2,1-4H3,(H,22,26)(H,23,27). The lowest BCUT2D eigenvalue weighted by Crippen LogP contribution is -2.43. The molecule has 0 radical (unpaired) electrons. The molecule has 2 aromatic carbocycles. The third-order valence-electron chi connectivity index (χ3n) is 4.45. The van der Waals surface area contributed by atoms with Crippen molar-refractivity contribution < 1.29 is 18.0 Å². The van der Waals surface area contributed by atoms with E-state index in [1.807, 2.05) is 18.2 Å². The number of carbonyl (C=O) groups excluding carboxylic acids is 2. The summed E-state index contributed by atoms with van der Waals surface area (Å²) in [5.74, 6) is -0.644. The maximum Gasteiger partial charge on any atom is 0.244 e. The molecule has 2 rings (SSSR count). The number of anilines is 2. The van der Waals surface area contributed by atoms with Crippen molar-refractivity contribution in [2.75, 3.05) is 38.3 Å². The summed E-state index contributed by atoms with van der Waals surface area (Å²) in [5, 5.41) is 5.49. The SMILES string of the molecule is CC(C(=O)Nc1ccc(Cl)c(S(=O)(=O)N(C)C)c1)N(C)CC(=O)Nc1ccccc1. The van der Waals surface area contributed by atoms with E-state index in [2.05, 4.69) is 10.6 Å². The number of benzene rings is 2. The van der Waals surface area contributed by atoms with Crippen molar-refractivity contribution in [1.29, 1.82) is 0 Å². The summed E-state index contributed by atoms with van der Waals surface area (Å²) in [6, 6.07) is 12.6. The van der Waals surface area contributed by atoms with Gasteiger partial charge in [-0.3, -0.25) is 14.5 Å². The van der Waals surface area contributed by atoms with Gasteiger partial charge < -0.3 is 10.6 Å². The van der Waals surface area contributed by atoms with Crippen LogP contribution >= 0.6 is 11.6 Å². The highest BCUT2D eigenvalue weighted by atomic mass is 35.5. The molecule has 2 N–H and O–H groups in total. The normalized spacial score (nSPS) is 12.6. The molecule has 0 fully saturated rings. The summed E-state index contributed by atoms with van der Waals surface area (Å²) < 4.78 is 25.8. The predicted molar refractivity (Wildman–Crippen MR) is 118 cm³/mol. The van der Waals surface area contributed by atoms with E-state index in [1.54, 1.807) is 31.0 Å². The number of nitrogens with zero attached hydrogens (tertiary/aromatic N) is 2. The second kappa shape index (κ2) is 10.0. The van der Waals surface area contributed by atoms with Gasteiger partial charge in [-0.05, 0) is 44.3 Å². The Morgan fingerprint density at radius 1 is 1.00 bits per heavy atom. The number of para-hydroxylation sites is 1. The van der Waals surface area contributed by atoms with Gasteiger partial charge in [-0.25, -0.2) is 12.7 Å². The molecule has 162 valence electrons. The molecule has 0 saturated heterocycles. The van der Waals surface area contributed by atoms with E-state index in [-0.39, 0.29) is 28.3 Å². The van der Waals surface area contributed by atoms with Gasteiger partial charge in [0.05, 0.1) is 17.6 Å². The van der Waals surface area contributed by atoms with Gasteiger partial charge in [0.1, 0.15) is 4.90 Å². The zero-order valence-electron chi connectivity index (χ0n) is 17.2. The molecule has 0 heterocycles. The fourth-order valence-corrected chi connectivity index (χ4v) is 3.90. The molecule has 30 heavy (non-hydrogen) atoms. The molecular weight excluding hydrogens is 428 g/mol. The molecule has 2 amide bonds. The van der Waals surface area contributed by atoms with Gasteiger partial charge in [0.2, 0.25) is 21.8 Å².